The summed E-state index contributed by atoms with van der Waals surface area (Å²) in [5.74, 6) is 1.60. The SMILES string of the molecule is C=CCOC[C@H](O)CNCCOc1ccc(OC)cc1. The topological polar surface area (TPSA) is 60.0 Å². The van der Waals surface area contributed by atoms with Crippen LogP contribution in [0.15, 0.2) is 36.9 Å². The Balaban J connectivity index is 2.04. The van der Waals surface area contributed by atoms with Crippen LogP contribution in [-0.4, -0.2) is 51.2 Å². The van der Waals surface area contributed by atoms with Crippen LogP contribution in [0.4, 0.5) is 0 Å². The van der Waals surface area contributed by atoms with Crippen molar-refractivity contribution in [2.24, 2.45) is 0 Å². The van der Waals surface area contributed by atoms with Gasteiger partial charge in [-0.15, -0.1) is 6.58 Å². The summed E-state index contributed by atoms with van der Waals surface area (Å²) in [4.78, 5) is 0. The molecule has 112 valence electrons. The Hall–Kier alpha value is -1.56. The Kier molecular flexibility index (Phi) is 8.46. The summed E-state index contributed by atoms with van der Waals surface area (Å²) in [5, 5.41) is 12.7. The molecule has 20 heavy (non-hydrogen) atoms. The number of nitrogens with one attached hydrogen (secondary N) is 1. The molecule has 0 spiro atoms. The maximum Gasteiger partial charge on any atom is 0.119 e. The van der Waals surface area contributed by atoms with E-state index in [4.69, 9.17) is 14.2 Å². The predicted octanol–water partition coefficient (Wildman–Crippen LogP) is 1.23. The molecule has 1 aromatic rings. The van der Waals surface area contributed by atoms with Gasteiger partial charge < -0.3 is 24.6 Å². The molecule has 0 heterocycles. The van der Waals surface area contributed by atoms with Crippen molar-refractivity contribution in [2.75, 3.05) is 40.0 Å². The van der Waals surface area contributed by atoms with Crippen molar-refractivity contribution in [1.82, 2.24) is 5.32 Å². The maximum atomic E-state index is 9.57. The molecule has 0 saturated heterocycles. The van der Waals surface area contributed by atoms with Crippen LogP contribution in [0, 0.1) is 0 Å². The Morgan fingerprint density at radius 3 is 2.65 bits per heavy atom. The highest BCUT2D eigenvalue weighted by Gasteiger charge is 2.02. The number of aliphatic hydroxyl groups is 1. The smallest absolute Gasteiger partial charge is 0.119 e. The maximum absolute atomic E-state index is 9.57. The highest BCUT2D eigenvalue weighted by Crippen LogP contribution is 2.16. The summed E-state index contributed by atoms with van der Waals surface area (Å²) in [6.45, 7) is 5.96. The van der Waals surface area contributed by atoms with Gasteiger partial charge in [-0.25, -0.2) is 0 Å². The molecule has 0 aliphatic heterocycles. The van der Waals surface area contributed by atoms with E-state index in [0.717, 1.165) is 11.5 Å². The molecule has 5 heteroatoms. The van der Waals surface area contributed by atoms with Crippen LogP contribution in [0.5, 0.6) is 11.5 Å². The van der Waals surface area contributed by atoms with Gasteiger partial charge in [0, 0.05) is 13.1 Å². The van der Waals surface area contributed by atoms with Crippen LogP contribution in [0.3, 0.4) is 0 Å². The van der Waals surface area contributed by atoms with Crippen LogP contribution in [-0.2, 0) is 4.74 Å². The largest absolute Gasteiger partial charge is 0.497 e. The standard InChI is InChI=1S/C15H23NO4/c1-3-9-19-12-13(17)11-16-8-10-20-15-6-4-14(18-2)5-7-15/h3-7,13,16-17H,1,8-12H2,2H3/t13-/m1/s1. The third-order valence-electron chi connectivity index (χ3n) is 2.53. The zero-order valence-corrected chi connectivity index (χ0v) is 11.9. The molecule has 5 nitrogen and oxygen atoms in total. The first-order valence-corrected chi connectivity index (χ1v) is 6.60. The van der Waals surface area contributed by atoms with Crippen LogP contribution < -0.4 is 14.8 Å². The monoisotopic (exact) mass is 281 g/mol. The minimum absolute atomic E-state index is 0.304. The fraction of sp³-hybridized carbons (Fsp3) is 0.467. The molecule has 0 bridgehead atoms. The summed E-state index contributed by atoms with van der Waals surface area (Å²) in [6.07, 6.45) is 1.14. The van der Waals surface area contributed by atoms with E-state index in [-0.39, 0.29) is 0 Å². The van der Waals surface area contributed by atoms with Gasteiger partial charge >= 0.3 is 0 Å². The highest BCUT2D eigenvalue weighted by molar-refractivity contribution is 5.31. The quantitative estimate of drug-likeness (QED) is 0.472. The van der Waals surface area contributed by atoms with E-state index in [1.165, 1.54) is 0 Å². The van der Waals surface area contributed by atoms with Gasteiger partial charge in [0.2, 0.25) is 0 Å². The van der Waals surface area contributed by atoms with E-state index in [9.17, 15) is 5.11 Å². The van der Waals surface area contributed by atoms with Crippen molar-refractivity contribution < 1.29 is 19.3 Å². The van der Waals surface area contributed by atoms with E-state index < -0.39 is 6.10 Å². The molecule has 0 fully saturated rings. The number of rotatable bonds is 11. The highest BCUT2D eigenvalue weighted by atomic mass is 16.5. The van der Waals surface area contributed by atoms with Crippen LogP contribution >= 0.6 is 0 Å². The van der Waals surface area contributed by atoms with Gasteiger partial charge in [-0.05, 0) is 24.3 Å². The lowest BCUT2D eigenvalue weighted by molar-refractivity contribution is 0.0491. The van der Waals surface area contributed by atoms with Gasteiger partial charge in [0.25, 0.3) is 0 Å². The van der Waals surface area contributed by atoms with Gasteiger partial charge in [-0.3, -0.25) is 0 Å². The second-order valence-electron chi connectivity index (χ2n) is 4.21. The Morgan fingerprint density at radius 2 is 2.00 bits per heavy atom. The molecule has 0 aliphatic rings. The molecule has 2 N–H and O–H groups in total. The van der Waals surface area contributed by atoms with E-state index in [2.05, 4.69) is 11.9 Å². The van der Waals surface area contributed by atoms with Gasteiger partial charge in [0.1, 0.15) is 18.1 Å². The number of methoxy groups -OCH3 is 1. The second kappa shape index (κ2) is 10.3. The van der Waals surface area contributed by atoms with Crippen LogP contribution in [0.1, 0.15) is 0 Å². The molecule has 0 aliphatic carbocycles. The van der Waals surface area contributed by atoms with Gasteiger partial charge in [-0.2, -0.15) is 0 Å². The summed E-state index contributed by atoms with van der Waals surface area (Å²) < 4.78 is 15.7. The summed E-state index contributed by atoms with van der Waals surface area (Å²) >= 11 is 0. The Bertz CT molecular complexity index is 367. The zero-order valence-electron chi connectivity index (χ0n) is 11.9. The molecule has 1 aromatic carbocycles. The predicted molar refractivity (Wildman–Crippen MR) is 78.4 cm³/mol. The second-order valence-corrected chi connectivity index (χ2v) is 4.21. The number of benzene rings is 1. The van der Waals surface area contributed by atoms with Crippen molar-refractivity contribution >= 4 is 0 Å². The molecule has 1 rings (SSSR count). The van der Waals surface area contributed by atoms with E-state index >= 15 is 0 Å². The summed E-state index contributed by atoms with van der Waals surface area (Å²) in [7, 11) is 1.63. The van der Waals surface area contributed by atoms with E-state index in [1.54, 1.807) is 13.2 Å². The molecular formula is C15H23NO4. The van der Waals surface area contributed by atoms with Crippen molar-refractivity contribution in [3.05, 3.63) is 36.9 Å². The number of hydrogen-bond donors (Lipinski definition) is 2. The third-order valence-corrected chi connectivity index (χ3v) is 2.53. The fourth-order valence-corrected chi connectivity index (χ4v) is 1.53. The lowest BCUT2D eigenvalue weighted by Gasteiger charge is -2.12. The Labute approximate surface area is 120 Å². The van der Waals surface area contributed by atoms with Gasteiger partial charge in [-0.1, -0.05) is 6.08 Å². The van der Waals surface area contributed by atoms with E-state index in [1.807, 2.05) is 24.3 Å². The number of aliphatic hydroxyl groups excluding tert-OH is 1. The van der Waals surface area contributed by atoms with Gasteiger partial charge in [0.15, 0.2) is 0 Å². The van der Waals surface area contributed by atoms with E-state index in [0.29, 0.717) is 32.9 Å². The molecule has 0 radical (unpaired) electrons. The molecule has 0 amide bonds. The van der Waals surface area contributed by atoms with Crippen LogP contribution in [0.25, 0.3) is 0 Å². The minimum atomic E-state index is -0.518. The third kappa shape index (κ3) is 7.13. The molecule has 1 atom stereocenters. The minimum Gasteiger partial charge on any atom is -0.497 e. The van der Waals surface area contributed by atoms with Crippen molar-refractivity contribution in [3.63, 3.8) is 0 Å². The number of ether oxygens (including phenoxy) is 3. The first-order valence-electron chi connectivity index (χ1n) is 6.60. The summed E-state index contributed by atoms with van der Waals surface area (Å²) in [6, 6.07) is 7.42. The molecule has 0 unspecified atom stereocenters. The first-order chi connectivity index (χ1) is 9.76. The van der Waals surface area contributed by atoms with Crippen LogP contribution in [0.2, 0.25) is 0 Å². The zero-order chi connectivity index (χ0) is 14.6. The lowest BCUT2D eigenvalue weighted by atomic mass is 10.3. The van der Waals surface area contributed by atoms with Gasteiger partial charge in [0.05, 0.1) is 26.4 Å². The Morgan fingerprint density at radius 1 is 1.30 bits per heavy atom. The summed E-state index contributed by atoms with van der Waals surface area (Å²) in [5.41, 5.74) is 0. The average molecular weight is 281 g/mol. The molecular weight excluding hydrogens is 258 g/mol. The van der Waals surface area contributed by atoms with Crippen molar-refractivity contribution in [2.45, 2.75) is 6.10 Å². The molecule has 0 saturated carbocycles. The lowest BCUT2D eigenvalue weighted by Crippen LogP contribution is -2.32. The van der Waals surface area contributed by atoms with Crippen molar-refractivity contribution in [3.8, 4) is 11.5 Å². The average Bonchev–Trinajstić information content (AvgIpc) is 2.48. The normalized spacial score (nSPS) is 11.9. The first kappa shape index (κ1) is 16.5. The molecule has 0 aromatic heterocycles. The number of hydrogen-bond acceptors (Lipinski definition) is 5. The van der Waals surface area contributed by atoms with Crippen molar-refractivity contribution in [1.29, 1.82) is 0 Å². The fourth-order valence-electron chi connectivity index (χ4n) is 1.53.